The normalized spacial score (nSPS) is 20.8. The van der Waals surface area contributed by atoms with Crippen molar-refractivity contribution in [3.05, 3.63) is 35.9 Å². The zero-order valence-corrected chi connectivity index (χ0v) is 17.5. The molecule has 26 heavy (non-hydrogen) atoms. The molecule has 2 N–H and O–H groups in total. The highest BCUT2D eigenvalue weighted by molar-refractivity contribution is 5.85. The number of likely N-dealkylation sites (tertiary alicyclic amines) is 1. The molecule has 148 valence electrons. The first-order chi connectivity index (χ1) is 11.6. The van der Waals surface area contributed by atoms with Crippen molar-refractivity contribution in [2.24, 2.45) is 17.8 Å². The highest BCUT2D eigenvalue weighted by Crippen LogP contribution is 2.26. The van der Waals surface area contributed by atoms with E-state index in [2.05, 4.69) is 59.7 Å². The molecule has 3 rings (SSSR count). The van der Waals surface area contributed by atoms with Crippen molar-refractivity contribution in [3.8, 4) is 0 Å². The van der Waals surface area contributed by atoms with Crippen molar-refractivity contribution in [2.75, 3.05) is 32.7 Å². The van der Waals surface area contributed by atoms with Gasteiger partial charge in [0.05, 0.1) is 6.04 Å². The van der Waals surface area contributed by atoms with Gasteiger partial charge in [0.1, 0.15) is 0 Å². The number of benzene rings is 1. The van der Waals surface area contributed by atoms with Gasteiger partial charge in [-0.25, -0.2) is 0 Å². The third kappa shape index (κ3) is 5.85. The predicted molar refractivity (Wildman–Crippen MR) is 112 cm³/mol. The van der Waals surface area contributed by atoms with Gasteiger partial charge in [-0.1, -0.05) is 44.2 Å². The van der Waals surface area contributed by atoms with Crippen molar-refractivity contribution >= 4 is 30.7 Å². The van der Waals surface area contributed by atoms with E-state index in [1.54, 1.807) is 0 Å². The second kappa shape index (κ2) is 11.1. The lowest BCUT2D eigenvalue weighted by Crippen LogP contribution is -2.50. The molecule has 1 aromatic rings. The first kappa shape index (κ1) is 23.2. The van der Waals surface area contributed by atoms with Crippen LogP contribution in [0.3, 0.4) is 0 Å². The average molecular weight is 402 g/mol. The van der Waals surface area contributed by atoms with Crippen LogP contribution in [0, 0.1) is 17.8 Å². The molecule has 2 aliphatic rings. The monoisotopic (exact) mass is 401 g/mol. The number of carbonyl (C=O) groups is 1. The highest BCUT2D eigenvalue weighted by Gasteiger charge is 2.30. The molecule has 6 heteroatoms. The highest BCUT2D eigenvalue weighted by atomic mass is 35.5. The summed E-state index contributed by atoms with van der Waals surface area (Å²) in [4.78, 5) is 15.0. The second-order valence-corrected chi connectivity index (χ2v) is 7.60. The molecule has 0 radical (unpaired) electrons. The molecule has 1 aromatic carbocycles. The van der Waals surface area contributed by atoms with Crippen LogP contribution in [-0.2, 0) is 4.79 Å². The zero-order chi connectivity index (χ0) is 16.9. The van der Waals surface area contributed by atoms with Gasteiger partial charge in [-0.2, -0.15) is 0 Å². The van der Waals surface area contributed by atoms with Crippen molar-refractivity contribution in [1.82, 2.24) is 15.5 Å². The van der Waals surface area contributed by atoms with Gasteiger partial charge in [-0.15, -0.1) is 24.8 Å². The molecule has 1 amide bonds. The van der Waals surface area contributed by atoms with E-state index in [0.717, 1.165) is 32.1 Å². The molecule has 0 aromatic heterocycles. The van der Waals surface area contributed by atoms with Gasteiger partial charge in [-0.3, -0.25) is 9.69 Å². The quantitative estimate of drug-likeness (QED) is 0.768. The van der Waals surface area contributed by atoms with Crippen molar-refractivity contribution < 1.29 is 4.79 Å². The Hall–Kier alpha value is -0.810. The van der Waals surface area contributed by atoms with Crippen LogP contribution in [0.2, 0.25) is 0 Å². The summed E-state index contributed by atoms with van der Waals surface area (Å²) in [6, 6.07) is 10.9. The Morgan fingerprint density at radius 2 is 1.81 bits per heavy atom. The molecule has 0 saturated carbocycles. The molecule has 2 saturated heterocycles. The zero-order valence-electron chi connectivity index (χ0n) is 15.8. The molecule has 2 aliphatic heterocycles. The maximum atomic E-state index is 12.5. The van der Waals surface area contributed by atoms with Crippen molar-refractivity contribution in [2.45, 2.75) is 32.7 Å². The van der Waals surface area contributed by atoms with Gasteiger partial charge in [0.15, 0.2) is 0 Å². The van der Waals surface area contributed by atoms with E-state index < -0.39 is 0 Å². The first-order valence-corrected chi connectivity index (χ1v) is 9.42. The third-order valence-corrected chi connectivity index (χ3v) is 5.85. The summed E-state index contributed by atoms with van der Waals surface area (Å²) in [6.07, 6.45) is 2.50. The molecule has 0 bridgehead atoms. The minimum absolute atomic E-state index is 0. The molecule has 2 fully saturated rings. The van der Waals surface area contributed by atoms with E-state index in [0.29, 0.717) is 12.5 Å². The number of carbonyl (C=O) groups excluding carboxylic acids is 1. The van der Waals surface area contributed by atoms with Crippen LogP contribution >= 0.6 is 24.8 Å². The van der Waals surface area contributed by atoms with Crippen LogP contribution in [0.25, 0.3) is 0 Å². The average Bonchev–Trinajstić information content (AvgIpc) is 2.56. The largest absolute Gasteiger partial charge is 0.354 e. The molecule has 2 atom stereocenters. The minimum Gasteiger partial charge on any atom is -0.354 e. The molecular weight excluding hydrogens is 369 g/mol. The van der Waals surface area contributed by atoms with Crippen LogP contribution in [0.15, 0.2) is 30.3 Å². The second-order valence-electron chi connectivity index (χ2n) is 7.60. The lowest BCUT2D eigenvalue weighted by molar-refractivity contribution is -0.127. The number of hydrogen-bond acceptors (Lipinski definition) is 3. The molecule has 2 unspecified atom stereocenters. The summed E-state index contributed by atoms with van der Waals surface area (Å²) < 4.78 is 0. The van der Waals surface area contributed by atoms with Crippen LogP contribution in [0.5, 0.6) is 0 Å². The molecule has 4 nitrogen and oxygen atoms in total. The maximum absolute atomic E-state index is 12.5. The Labute approximate surface area is 170 Å². The number of rotatable bonds is 6. The summed E-state index contributed by atoms with van der Waals surface area (Å²) in [5, 5.41) is 6.49. The number of nitrogens with zero attached hydrogens (tertiary/aromatic N) is 1. The van der Waals surface area contributed by atoms with E-state index in [4.69, 9.17) is 0 Å². The predicted octanol–water partition coefficient (Wildman–Crippen LogP) is 3.27. The summed E-state index contributed by atoms with van der Waals surface area (Å²) >= 11 is 0. The number of amides is 1. The number of halogens is 2. The number of hydrogen-bond donors (Lipinski definition) is 2. The van der Waals surface area contributed by atoms with E-state index in [1.165, 1.54) is 18.4 Å². The van der Waals surface area contributed by atoms with Crippen LogP contribution in [-0.4, -0.2) is 43.5 Å². The fourth-order valence-electron chi connectivity index (χ4n) is 3.71. The third-order valence-electron chi connectivity index (χ3n) is 5.85. The van der Waals surface area contributed by atoms with Gasteiger partial charge >= 0.3 is 0 Å². The lowest BCUT2D eigenvalue weighted by atomic mass is 9.88. The van der Waals surface area contributed by atoms with Gasteiger partial charge in [-0.05, 0) is 56.4 Å². The van der Waals surface area contributed by atoms with E-state index in [1.807, 2.05) is 0 Å². The number of nitrogens with one attached hydrogen (secondary N) is 2. The van der Waals surface area contributed by atoms with Gasteiger partial charge in [0.25, 0.3) is 0 Å². The molecule has 2 heterocycles. The topological polar surface area (TPSA) is 44.4 Å². The summed E-state index contributed by atoms with van der Waals surface area (Å²) in [5.74, 6) is 1.62. The molecule has 0 aliphatic carbocycles. The number of piperidine rings is 1. The van der Waals surface area contributed by atoms with E-state index in [-0.39, 0.29) is 42.7 Å². The fraction of sp³-hybridized carbons (Fsp3) is 0.650. The Morgan fingerprint density at radius 1 is 1.19 bits per heavy atom. The summed E-state index contributed by atoms with van der Waals surface area (Å²) in [7, 11) is 0. The molecule has 0 spiro atoms. The van der Waals surface area contributed by atoms with E-state index >= 15 is 0 Å². The Balaban J connectivity index is 0.00000169. The van der Waals surface area contributed by atoms with Gasteiger partial charge < -0.3 is 10.6 Å². The Kier molecular flexibility index (Phi) is 9.94. The standard InChI is InChI=1S/C20H31N3O.2ClH/c1-15-8-10-23(11-9-15)19(17-6-4-3-5-7-17)14-22-20(24)16(2)18-12-21-13-18;;/h3-7,15-16,18-19,21H,8-14H2,1-2H3,(H,22,24);2*1H. The lowest BCUT2D eigenvalue weighted by Gasteiger charge is -2.37. The van der Waals surface area contributed by atoms with Crippen LogP contribution in [0.1, 0.15) is 38.3 Å². The Bertz CT molecular complexity index is 531. The van der Waals surface area contributed by atoms with E-state index in [9.17, 15) is 4.79 Å². The summed E-state index contributed by atoms with van der Waals surface area (Å²) in [6.45, 7) is 9.30. The Morgan fingerprint density at radius 3 is 2.35 bits per heavy atom. The smallest absolute Gasteiger partial charge is 0.223 e. The van der Waals surface area contributed by atoms with Crippen molar-refractivity contribution in [3.63, 3.8) is 0 Å². The van der Waals surface area contributed by atoms with Crippen LogP contribution < -0.4 is 10.6 Å². The van der Waals surface area contributed by atoms with Crippen molar-refractivity contribution in [1.29, 1.82) is 0 Å². The SMILES string of the molecule is CC1CCN(C(CNC(=O)C(C)C2CNC2)c2ccccc2)CC1.Cl.Cl. The minimum atomic E-state index is 0. The van der Waals surface area contributed by atoms with Gasteiger partial charge in [0.2, 0.25) is 5.91 Å². The molecular formula is C20H33Cl2N3O. The first-order valence-electron chi connectivity index (χ1n) is 9.42. The summed E-state index contributed by atoms with van der Waals surface area (Å²) in [5.41, 5.74) is 1.31. The fourth-order valence-corrected chi connectivity index (χ4v) is 3.71. The maximum Gasteiger partial charge on any atom is 0.223 e. The van der Waals surface area contributed by atoms with Crippen LogP contribution in [0.4, 0.5) is 0 Å². The van der Waals surface area contributed by atoms with Gasteiger partial charge in [0, 0.05) is 12.5 Å².